The van der Waals surface area contributed by atoms with E-state index in [1.807, 2.05) is 60.7 Å². The molecule has 0 bridgehead atoms. The molecule has 1 heterocycles. The quantitative estimate of drug-likeness (QED) is 0.281. The SMILES string of the molecule is Cc1ccccc1[C@H]1C(/C=N\NC(=O)c2ccccc2O)=C(c2ccccc2)Oc2ccccc21. The number of nitrogens with one attached hydrogen (secondary N) is 1. The number of allylic oxidation sites excluding steroid dienone is 1. The first-order chi connectivity index (χ1) is 17.1. The van der Waals surface area contributed by atoms with Crippen molar-refractivity contribution in [1.82, 2.24) is 5.43 Å². The van der Waals surface area contributed by atoms with Gasteiger partial charge in [-0.2, -0.15) is 5.10 Å². The summed E-state index contributed by atoms with van der Waals surface area (Å²) in [5.41, 5.74) is 7.74. The molecule has 0 saturated heterocycles. The van der Waals surface area contributed by atoms with Crippen LogP contribution in [0.5, 0.6) is 11.5 Å². The number of amides is 1. The van der Waals surface area contributed by atoms with Gasteiger partial charge in [0.25, 0.3) is 5.91 Å². The summed E-state index contributed by atoms with van der Waals surface area (Å²) in [5.74, 6) is 0.720. The number of aryl methyl sites for hydroxylation is 1. The van der Waals surface area contributed by atoms with Gasteiger partial charge >= 0.3 is 0 Å². The van der Waals surface area contributed by atoms with Crippen LogP contribution in [0.2, 0.25) is 0 Å². The molecule has 2 N–H and O–H groups in total. The van der Waals surface area contributed by atoms with E-state index in [1.54, 1.807) is 24.4 Å². The zero-order valence-electron chi connectivity index (χ0n) is 19.2. The molecule has 172 valence electrons. The smallest absolute Gasteiger partial charge is 0.275 e. The van der Waals surface area contributed by atoms with Crippen LogP contribution in [0.1, 0.15) is 38.5 Å². The second kappa shape index (κ2) is 9.69. The van der Waals surface area contributed by atoms with E-state index in [2.05, 4.69) is 35.7 Å². The number of hydrogen-bond acceptors (Lipinski definition) is 4. The zero-order valence-corrected chi connectivity index (χ0v) is 19.2. The topological polar surface area (TPSA) is 70.9 Å². The maximum atomic E-state index is 12.6. The van der Waals surface area contributed by atoms with Crippen molar-refractivity contribution in [2.24, 2.45) is 5.10 Å². The van der Waals surface area contributed by atoms with Crippen molar-refractivity contribution in [2.75, 3.05) is 0 Å². The maximum absolute atomic E-state index is 12.6. The number of carbonyl (C=O) groups is 1. The molecule has 0 fully saturated rings. The summed E-state index contributed by atoms with van der Waals surface area (Å²) in [6.07, 6.45) is 1.65. The van der Waals surface area contributed by atoms with Crippen molar-refractivity contribution in [3.63, 3.8) is 0 Å². The Morgan fingerprint density at radius 1 is 0.857 bits per heavy atom. The Labute approximate surface area is 204 Å². The minimum atomic E-state index is -0.495. The van der Waals surface area contributed by atoms with Crippen LogP contribution in [0.4, 0.5) is 0 Å². The average Bonchev–Trinajstić information content (AvgIpc) is 2.89. The Bertz CT molecular complexity index is 1440. The lowest BCUT2D eigenvalue weighted by atomic mass is 9.80. The maximum Gasteiger partial charge on any atom is 0.275 e. The van der Waals surface area contributed by atoms with Crippen LogP contribution < -0.4 is 10.2 Å². The van der Waals surface area contributed by atoms with Crippen LogP contribution in [0.25, 0.3) is 5.76 Å². The molecule has 0 aromatic heterocycles. The highest BCUT2D eigenvalue weighted by atomic mass is 16.5. The van der Waals surface area contributed by atoms with Crippen molar-refractivity contribution in [1.29, 1.82) is 0 Å². The molecule has 1 aliphatic rings. The van der Waals surface area contributed by atoms with Gasteiger partial charge in [-0.3, -0.25) is 4.79 Å². The number of rotatable bonds is 5. The molecule has 0 saturated carbocycles. The standard InChI is InChI=1S/C30H24N2O3/c1-20-11-5-6-14-22(20)28-24-16-8-10-18-27(24)35-29(21-12-3-2-4-13-21)25(28)19-31-32-30(34)23-15-7-9-17-26(23)33/h2-19,28,33H,1H3,(H,32,34)/b31-19-/t28-/m1/s1. The fourth-order valence-electron chi connectivity index (χ4n) is 4.36. The number of phenols is 1. The van der Waals surface area contributed by atoms with Gasteiger partial charge < -0.3 is 9.84 Å². The van der Waals surface area contributed by atoms with Gasteiger partial charge in [-0.1, -0.05) is 84.9 Å². The number of para-hydroxylation sites is 2. The summed E-state index contributed by atoms with van der Waals surface area (Å²) < 4.78 is 6.42. The number of aromatic hydroxyl groups is 1. The molecular formula is C30H24N2O3. The van der Waals surface area contributed by atoms with Crippen LogP contribution in [-0.2, 0) is 0 Å². The van der Waals surface area contributed by atoms with Crippen molar-refractivity contribution < 1.29 is 14.6 Å². The highest BCUT2D eigenvalue weighted by Gasteiger charge is 2.31. The molecule has 5 rings (SSSR count). The van der Waals surface area contributed by atoms with E-state index >= 15 is 0 Å². The molecule has 0 radical (unpaired) electrons. The summed E-state index contributed by atoms with van der Waals surface area (Å²) >= 11 is 0. The van der Waals surface area contributed by atoms with Crippen molar-refractivity contribution in [2.45, 2.75) is 12.8 Å². The lowest BCUT2D eigenvalue weighted by Gasteiger charge is -2.30. The van der Waals surface area contributed by atoms with Gasteiger partial charge in [0.15, 0.2) is 0 Å². The Kier molecular flexibility index (Phi) is 6.14. The zero-order chi connectivity index (χ0) is 24.2. The van der Waals surface area contributed by atoms with E-state index in [0.717, 1.165) is 33.6 Å². The van der Waals surface area contributed by atoms with Crippen molar-refractivity contribution in [3.05, 3.63) is 137 Å². The molecule has 4 aromatic rings. The largest absolute Gasteiger partial charge is 0.507 e. The first-order valence-electron chi connectivity index (χ1n) is 11.4. The van der Waals surface area contributed by atoms with Crippen LogP contribution in [0.15, 0.2) is 114 Å². The molecule has 5 heteroatoms. The third-order valence-corrected chi connectivity index (χ3v) is 6.07. The number of fused-ring (bicyclic) bond motifs is 1. The summed E-state index contributed by atoms with van der Waals surface area (Å²) in [5, 5.41) is 14.3. The summed E-state index contributed by atoms with van der Waals surface area (Å²) in [4.78, 5) is 12.6. The first kappa shape index (κ1) is 22.2. The third-order valence-electron chi connectivity index (χ3n) is 6.07. The van der Waals surface area contributed by atoms with E-state index in [-0.39, 0.29) is 17.2 Å². The molecule has 1 amide bonds. The van der Waals surface area contributed by atoms with E-state index in [0.29, 0.717) is 5.76 Å². The molecule has 35 heavy (non-hydrogen) atoms. The van der Waals surface area contributed by atoms with E-state index in [4.69, 9.17) is 4.74 Å². The summed E-state index contributed by atoms with van der Waals surface area (Å²) in [6, 6.07) is 32.5. The van der Waals surface area contributed by atoms with E-state index < -0.39 is 5.91 Å². The predicted octanol–water partition coefficient (Wildman–Crippen LogP) is 6.05. The second-order valence-electron chi connectivity index (χ2n) is 8.30. The number of benzene rings is 4. The first-order valence-corrected chi connectivity index (χ1v) is 11.4. The average molecular weight is 461 g/mol. The number of ether oxygens (including phenoxy) is 1. The van der Waals surface area contributed by atoms with E-state index in [9.17, 15) is 9.90 Å². The van der Waals surface area contributed by atoms with Gasteiger partial charge in [0.1, 0.15) is 17.3 Å². The number of phenolic OH excluding ortho intramolecular Hbond substituents is 1. The van der Waals surface area contributed by atoms with E-state index in [1.165, 1.54) is 6.07 Å². The van der Waals surface area contributed by atoms with Gasteiger partial charge in [-0.15, -0.1) is 0 Å². The number of carbonyl (C=O) groups excluding carboxylic acids is 1. The molecule has 4 aromatic carbocycles. The van der Waals surface area contributed by atoms with Crippen LogP contribution in [0, 0.1) is 6.92 Å². The Morgan fingerprint density at radius 3 is 2.29 bits per heavy atom. The minimum absolute atomic E-state index is 0.0999. The normalized spacial score (nSPS) is 14.9. The van der Waals surface area contributed by atoms with Gasteiger partial charge in [-0.25, -0.2) is 5.43 Å². The highest BCUT2D eigenvalue weighted by Crippen LogP contribution is 2.45. The van der Waals surface area contributed by atoms with Crippen molar-refractivity contribution >= 4 is 17.9 Å². The van der Waals surface area contributed by atoms with Crippen LogP contribution >= 0.6 is 0 Å². The lowest BCUT2D eigenvalue weighted by molar-refractivity contribution is 0.0952. The van der Waals surface area contributed by atoms with Crippen LogP contribution in [0.3, 0.4) is 0 Å². The molecule has 0 spiro atoms. The van der Waals surface area contributed by atoms with Gasteiger partial charge in [-0.05, 0) is 36.2 Å². The summed E-state index contributed by atoms with van der Waals surface area (Å²) in [7, 11) is 0. The fourth-order valence-corrected chi connectivity index (χ4v) is 4.36. The molecule has 0 aliphatic carbocycles. The molecule has 5 nitrogen and oxygen atoms in total. The Balaban J connectivity index is 1.62. The number of hydrazone groups is 1. The second-order valence-corrected chi connectivity index (χ2v) is 8.30. The van der Waals surface area contributed by atoms with Gasteiger partial charge in [0.2, 0.25) is 0 Å². The number of hydrogen-bond donors (Lipinski definition) is 2. The molecule has 1 atom stereocenters. The van der Waals surface area contributed by atoms with Crippen molar-refractivity contribution in [3.8, 4) is 11.5 Å². The third kappa shape index (κ3) is 4.44. The highest BCUT2D eigenvalue weighted by molar-refractivity contribution is 5.98. The minimum Gasteiger partial charge on any atom is -0.507 e. The summed E-state index contributed by atoms with van der Waals surface area (Å²) in [6.45, 7) is 2.09. The van der Waals surface area contributed by atoms with Gasteiger partial charge in [0.05, 0.1) is 11.8 Å². The Hall–Kier alpha value is -4.64. The predicted molar refractivity (Wildman–Crippen MR) is 138 cm³/mol. The van der Waals surface area contributed by atoms with Gasteiger partial charge in [0, 0.05) is 22.6 Å². The lowest BCUT2D eigenvalue weighted by Crippen LogP contribution is -2.21. The molecule has 0 unspecified atom stereocenters. The molecular weight excluding hydrogens is 436 g/mol. The monoisotopic (exact) mass is 460 g/mol. The Morgan fingerprint density at radius 2 is 1.51 bits per heavy atom. The number of nitrogens with zero attached hydrogens (tertiary/aromatic N) is 1. The van der Waals surface area contributed by atoms with Crippen LogP contribution in [-0.4, -0.2) is 17.2 Å². The molecule has 1 aliphatic heterocycles. The fraction of sp³-hybridized carbons (Fsp3) is 0.0667.